The molecule has 24 heavy (non-hydrogen) atoms. The molecule has 0 aliphatic carbocycles. The largest absolute Gasteiger partial charge is 0.355 e. The fraction of sp³-hybridized carbons (Fsp3) is 0.611. The van der Waals surface area contributed by atoms with Gasteiger partial charge in [0.2, 0.25) is 0 Å². The summed E-state index contributed by atoms with van der Waals surface area (Å²) < 4.78 is 0. The summed E-state index contributed by atoms with van der Waals surface area (Å²) in [6.07, 6.45) is 3.86. The molecule has 1 atom stereocenters. The van der Waals surface area contributed by atoms with Crippen molar-refractivity contribution >= 4 is 41.7 Å². The fourth-order valence-electron chi connectivity index (χ4n) is 3.31. The first-order valence-electron chi connectivity index (χ1n) is 8.70. The minimum atomic E-state index is 0. The number of rotatable bonds is 5. The minimum Gasteiger partial charge on any atom is -0.355 e. The van der Waals surface area contributed by atoms with Crippen molar-refractivity contribution < 1.29 is 0 Å². The van der Waals surface area contributed by atoms with E-state index >= 15 is 0 Å². The number of halogens is 1. The summed E-state index contributed by atoms with van der Waals surface area (Å²) in [5.41, 5.74) is 3.00. The van der Waals surface area contributed by atoms with Gasteiger partial charge in [0.25, 0.3) is 0 Å². The van der Waals surface area contributed by atoms with E-state index in [1.54, 1.807) is 0 Å². The van der Waals surface area contributed by atoms with Crippen molar-refractivity contribution in [2.75, 3.05) is 39.0 Å². The Balaban J connectivity index is 0.00000208. The molecule has 1 unspecified atom stereocenters. The molecule has 2 heterocycles. The fourth-order valence-corrected chi connectivity index (χ4v) is 4.52. The maximum absolute atomic E-state index is 4.33. The molecule has 2 aliphatic rings. The summed E-state index contributed by atoms with van der Waals surface area (Å²) in [5.74, 6) is 2.25. The van der Waals surface area contributed by atoms with E-state index < -0.39 is 0 Å². The van der Waals surface area contributed by atoms with Crippen LogP contribution in [0.25, 0.3) is 0 Å². The van der Waals surface area contributed by atoms with E-state index in [-0.39, 0.29) is 24.0 Å². The standard InChI is InChI=1S/C18H28N4S.HI/c1-19-18(21-13-17-7-4-12-23-17)20-9-11-22-10-8-15-5-2-3-6-16(15)14-22;/h2-3,5-6,17H,4,7-14H2,1H3,(H2,19,20,21);1H. The molecule has 3 rings (SSSR count). The third kappa shape index (κ3) is 5.81. The van der Waals surface area contributed by atoms with Crippen LogP contribution in [0.1, 0.15) is 24.0 Å². The number of benzene rings is 1. The van der Waals surface area contributed by atoms with Crippen LogP contribution in [-0.2, 0) is 13.0 Å². The van der Waals surface area contributed by atoms with E-state index in [9.17, 15) is 0 Å². The van der Waals surface area contributed by atoms with Crippen molar-refractivity contribution in [1.82, 2.24) is 15.5 Å². The van der Waals surface area contributed by atoms with Crippen LogP contribution in [0.5, 0.6) is 0 Å². The van der Waals surface area contributed by atoms with Gasteiger partial charge in [-0.05, 0) is 36.1 Å². The molecule has 1 aromatic carbocycles. The molecular weight excluding hydrogens is 431 g/mol. The van der Waals surface area contributed by atoms with Crippen LogP contribution in [0.2, 0.25) is 0 Å². The van der Waals surface area contributed by atoms with E-state index in [0.717, 1.165) is 43.9 Å². The van der Waals surface area contributed by atoms with Gasteiger partial charge in [0, 0.05) is 45.0 Å². The Hall–Kier alpha value is -0.470. The molecule has 0 saturated carbocycles. The van der Waals surface area contributed by atoms with Crippen LogP contribution in [0.4, 0.5) is 0 Å². The smallest absolute Gasteiger partial charge is 0.191 e. The predicted octanol–water partition coefficient (Wildman–Crippen LogP) is 2.72. The van der Waals surface area contributed by atoms with Crippen molar-refractivity contribution in [1.29, 1.82) is 0 Å². The summed E-state index contributed by atoms with van der Waals surface area (Å²) in [5, 5.41) is 7.67. The van der Waals surface area contributed by atoms with Gasteiger partial charge in [-0.2, -0.15) is 11.8 Å². The monoisotopic (exact) mass is 460 g/mol. The number of nitrogens with zero attached hydrogens (tertiary/aromatic N) is 2. The normalized spacial score (nSPS) is 21.0. The molecule has 4 nitrogen and oxygen atoms in total. The van der Waals surface area contributed by atoms with Crippen LogP contribution >= 0.6 is 35.7 Å². The molecule has 0 bridgehead atoms. The third-order valence-electron chi connectivity index (χ3n) is 4.67. The van der Waals surface area contributed by atoms with Crippen LogP contribution < -0.4 is 10.6 Å². The number of hydrogen-bond acceptors (Lipinski definition) is 3. The van der Waals surface area contributed by atoms with E-state index in [0.29, 0.717) is 0 Å². The molecule has 1 aromatic rings. The van der Waals surface area contributed by atoms with Crippen LogP contribution in [0.3, 0.4) is 0 Å². The molecule has 0 radical (unpaired) electrons. The highest BCUT2D eigenvalue weighted by atomic mass is 127. The number of hydrogen-bond donors (Lipinski definition) is 2. The van der Waals surface area contributed by atoms with E-state index in [1.165, 1.54) is 36.1 Å². The molecule has 134 valence electrons. The van der Waals surface area contributed by atoms with Crippen molar-refractivity contribution in [3.05, 3.63) is 35.4 Å². The summed E-state index contributed by atoms with van der Waals surface area (Å²) in [6.45, 7) is 5.26. The second-order valence-corrected chi connectivity index (χ2v) is 7.72. The van der Waals surface area contributed by atoms with Gasteiger partial charge in [-0.3, -0.25) is 9.89 Å². The zero-order valence-corrected chi connectivity index (χ0v) is 17.6. The van der Waals surface area contributed by atoms with Crippen molar-refractivity contribution in [3.63, 3.8) is 0 Å². The number of thioether (sulfide) groups is 1. The number of nitrogens with one attached hydrogen (secondary N) is 2. The average molecular weight is 460 g/mol. The van der Waals surface area contributed by atoms with Gasteiger partial charge in [0.1, 0.15) is 0 Å². The van der Waals surface area contributed by atoms with Gasteiger partial charge < -0.3 is 10.6 Å². The molecule has 1 saturated heterocycles. The first kappa shape index (κ1) is 19.8. The lowest BCUT2D eigenvalue weighted by atomic mass is 10.00. The molecule has 0 spiro atoms. The maximum atomic E-state index is 4.33. The lowest BCUT2D eigenvalue weighted by Crippen LogP contribution is -2.44. The van der Waals surface area contributed by atoms with Gasteiger partial charge >= 0.3 is 0 Å². The quantitative estimate of drug-likeness (QED) is 0.403. The van der Waals surface area contributed by atoms with E-state index in [1.807, 2.05) is 7.05 Å². The lowest BCUT2D eigenvalue weighted by Gasteiger charge is -2.29. The van der Waals surface area contributed by atoms with Gasteiger partial charge in [0.15, 0.2) is 5.96 Å². The molecular formula is C18H29IN4S. The highest BCUT2D eigenvalue weighted by Crippen LogP contribution is 2.25. The number of fused-ring (bicyclic) bond motifs is 1. The summed E-state index contributed by atoms with van der Waals surface area (Å²) in [6, 6.07) is 8.81. The highest BCUT2D eigenvalue weighted by Gasteiger charge is 2.16. The average Bonchev–Trinajstić information content (AvgIpc) is 3.11. The summed E-state index contributed by atoms with van der Waals surface area (Å²) in [4.78, 5) is 6.86. The minimum absolute atomic E-state index is 0. The van der Waals surface area contributed by atoms with Crippen molar-refractivity contribution in [2.24, 2.45) is 4.99 Å². The van der Waals surface area contributed by atoms with Crippen LogP contribution in [0, 0.1) is 0 Å². The first-order chi connectivity index (χ1) is 11.3. The van der Waals surface area contributed by atoms with Crippen molar-refractivity contribution in [3.8, 4) is 0 Å². The van der Waals surface area contributed by atoms with E-state index in [2.05, 4.69) is 56.6 Å². The predicted molar refractivity (Wildman–Crippen MR) is 116 cm³/mol. The summed E-state index contributed by atoms with van der Waals surface area (Å²) in [7, 11) is 1.86. The molecule has 0 amide bonds. The topological polar surface area (TPSA) is 39.7 Å². The second kappa shape index (κ2) is 10.5. The Morgan fingerprint density at radius 1 is 1.29 bits per heavy atom. The second-order valence-electron chi connectivity index (χ2n) is 6.31. The van der Waals surface area contributed by atoms with Crippen LogP contribution in [-0.4, -0.2) is 55.1 Å². The van der Waals surface area contributed by atoms with Gasteiger partial charge in [-0.1, -0.05) is 24.3 Å². The number of aliphatic imine (C=N–C) groups is 1. The maximum Gasteiger partial charge on any atom is 0.191 e. The van der Waals surface area contributed by atoms with Gasteiger partial charge in [-0.25, -0.2) is 0 Å². The Morgan fingerprint density at radius 3 is 2.88 bits per heavy atom. The summed E-state index contributed by atoms with van der Waals surface area (Å²) >= 11 is 2.08. The molecule has 2 N–H and O–H groups in total. The highest BCUT2D eigenvalue weighted by molar-refractivity contribution is 14.0. The Labute approximate surface area is 167 Å². The first-order valence-corrected chi connectivity index (χ1v) is 9.75. The Bertz CT molecular complexity index is 532. The third-order valence-corrected chi connectivity index (χ3v) is 6.07. The van der Waals surface area contributed by atoms with E-state index in [4.69, 9.17) is 0 Å². The number of guanidine groups is 1. The van der Waals surface area contributed by atoms with Gasteiger partial charge in [0.05, 0.1) is 0 Å². The molecule has 6 heteroatoms. The molecule has 0 aromatic heterocycles. The Morgan fingerprint density at radius 2 is 2.12 bits per heavy atom. The van der Waals surface area contributed by atoms with Crippen LogP contribution in [0.15, 0.2) is 29.3 Å². The SMILES string of the molecule is CN=C(NCCN1CCc2ccccc2C1)NCC1CCCS1.I. The molecule has 1 fully saturated rings. The zero-order chi connectivity index (χ0) is 15.9. The van der Waals surface area contributed by atoms with Gasteiger partial charge in [-0.15, -0.1) is 24.0 Å². The Kier molecular flexibility index (Phi) is 8.69. The molecule has 2 aliphatic heterocycles. The van der Waals surface area contributed by atoms with Crippen molar-refractivity contribution in [2.45, 2.75) is 31.1 Å². The lowest BCUT2D eigenvalue weighted by molar-refractivity contribution is 0.258. The zero-order valence-electron chi connectivity index (χ0n) is 14.5.